The van der Waals surface area contributed by atoms with Crippen molar-refractivity contribution in [3.05, 3.63) is 32.8 Å². The van der Waals surface area contributed by atoms with Crippen LogP contribution in [0.4, 0.5) is 11.4 Å². The fraction of sp³-hybridized carbons (Fsp3) is 0.500. The van der Waals surface area contributed by atoms with E-state index in [-0.39, 0.29) is 27.9 Å². The first-order chi connectivity index (χ1) is 9.93. The molecule has 21 heavy (non-hydrogen) atoms. The number of rotatable bonds is 6. The lowest BCUT2D eigenvalue weighted by molar-refractivity contribution is -0.384. The largest absolute Gasteiger partial charge is 0.379 e. The van der Waals surface area contributed by atoms with Crippen LogP contribution in [0.25, 0.3) is 0 Å². The lowest BCUT2D eigenvalue weighted by atomic mass is 10.1. The zero-order chi connectivity index (χ0) is 15.6. The lowest BCUT2D eigenvalue weighted by Gasteiger charge is -2.10. The van der Waals surface area contributed by atoms with Crippen molar-refractivity contribution < 1.29 is 9.72 Å². The van der Waals surface area contributed by atoms with Gasteiger partial charge in [-0.25, -0.2) is 0 Å². The van der Waals surface area contributed by atoms with E-state index in [2.05, 4.69) is 17.6 Å². The number of nitro benzene ring substituents is 1. The molecular weight excluding hydrogens is 294 g/mol. The van der Waals surface area contributed by atoms with Gasteiger partial charge in [0.2, 0.25) is 0 Å². The molecule has 6 nitrogen and oxygen atoms in total. The molecule has 1 aliphatic rings. The van der Waals surface area contributed by atoms with Crippen molar-refractivity contribution in [2.75, 3.05) is 18.4 Å². The Morgan fingerprint density at radius 1 is 1.52 bits per heavy atom. The molecule has 114 valence electrons. The van der Waals surface area contributed by atoms with Crippen LogP contribution in [0, 0.1) is 22.0 Å². The van der Waals surface area contributed by atoms with Crippen molar-refractivity contribution in [3.63, 3.8) is 0 Å². The second kappa shape index (κ2) is 6.30. The molecule has 1 aliphatic carbocycles. The number of nitro groups is 1. The van der Waals surface area contributed by atoms with Gasteiger partial charge in [0, 0.05) is 24.7 Å². The van der Waals surface area contributed by atoms with Gasteiger partial charge in [0.1, 0.15) is 5.69 Å². The maximum Gasteiger partial charge on any atom is 0.294 e. The first-order valence-corrected chi connectivity index (χ1v) is 7.31. The molecule has 0 aromatic heterocycles. The normalized spacial score (nSPS) is 20.0. The Balaban J connectivity index is 2.19. The van der Waals surface area contributed by atoms with E-state index >= 15 is 0 Å². The molecule has 1 aromatic carbocycles. The number of hydrogen-bond acceptors (Lipinski definition) is 4. The number of carbonyl (C=O) groups excluding carboxylic acids is 1. The summed E-state index contributed by atoms with van der Waals surface area (Å²) in [6, 6.07) is 2.72. The molecule has 0 bridgehead atoms. The monoisotopic (exact) mass is 311 g/mol. The Kier molecular flexibility index (Phi) is 4.67. The number of halogens is 1. The summed E-state index contributed by atoms with van der Waals surface area (Å²) >= 11 is 6.05. The van der Waals surface area contributed by atoms with Crippen LogP contribution in [0.3, 0.4) is 0 Å². The van der Waals surface area contributed by atoms with Crippen LogP contribution < -0.4 is 10.6 Å². The minimum atomic E-state index is -0.538. The van der Waals surface area contributed by atoms with E-state index in [1.807, 2.05) is 6.92 Å². The standard InChI is InChI=1S/C14H18ClN3O3/c1-3-16-13-11(15)5-9(6-12(13)18(20)21)14(19)17-7-10-4-8(10)2/h5-6,8,10,16H,3-4,7H2,1-2H3,(H,17,19). The molecule has 2 atom stereocenters. The van der Waals surface area contributed by atoms with Gasteiger partial charge in [-0.3, -0.25) is 14.9 Å². The van der Waals surface area contributed by atoms with E-state index in [0.717, 1.165) is 6.42 Å². The highest BCUT2D eigenvalue weighted by Crippen LogP contribution is 2.37. The number of amides is 1. The maximum atomic E-state index is 12.1. The smallest absolute Gasteiger partial charge is 0.294 e. The summed E-state index contributed by atoms with van der Waals surface area (Å²) in [5.74, 6) is 0.821. The van der Waals surface area contributed by atoms with Gasteiger partial charge in [-0.05, 0) is 31.2 Å². The summed E-state index contributed by atoms with van der Waals surface area (Å²) in [5.41, 5.74) is 0.271. The van der Waals surface area contributed by atoms with Crippen molar-refractivity contribution in [1.82, 2.24) is 5.32 Å². The van der Waals surface area contributed by atoms with Crippen LogP contribution in [0.15, 0.2) is 12.1 Å². The van der Waals surface area contributed by atoms with Gasteiger partial charge in [0.15, 0.2) is 0 Å². The van der Waals surface area contributed by atoms with E-state index < -0.39 is 4.92 Å². The summed E-state index contributed by atoms with van der Waals surface area (Å²) in [6.07, 6.45) is 1.11. The average molecular weight is 312 g/mol. The van der Waals surface area contributed by atoms with Crippen LogP contribution in [-0.4, -0.2) is 23.9 Å². The molecule has 0 radical (unpaired) electrons. The molecule has 2 unspecified atom stereocenters. The SMILES string of the molecule is CCNc1c(Cl)cc(C(=O)NCC2CC2C)cc1[N+](=O)[O-]. The van der Waals surface area contributed by atoms with Crippen LogP contribution in [0.1, 0.15) is 30.6 Å². The Hall–Kier alpha value is -1.82. The molecule has 0 spiro atoms. The molecule has 0 heterocycles. The topological polar surface area (TPSA) is 84.3 Å². The molecular formula is C14H18ClN3O3. The second-order valence-corrected chi connectivity index (χ2v) is 5.73. The van der Waals surface area contributed by atoms with Crippen LogP contribution >= 0.6 is 11.6 Å². The lowest BCUT2D eigenvalue weighted by Crippen LogP contribution is -2.26. The maximum absolute atomic E-state index is 12.1. The Morgan fingerprint density at radius 2 is 2.19 bits per heavy atom. The van der Waals surface area contributed by atoms with Crippen molar-refractivity contribution in [3.8, 4) is 0 Å². The van der Waals surface area contributed by atoms with Gasteiger partial charge < -0.3 is 10.6 Å². The predicted octanol–water partition coefficient (Wildman–Crippen LogP) is 3.07. The third-order valence-corrected chi connectivity index (χ3v) is 3.98. The molecule has 2 N–H and O–H groups in total. The van der Waals surface area contributed by atoms with E-state index in [4.69, 9.17) is 11.6 Å². The highest BCUT2D eigenvalue weighted by atomic mass is 35.5. The van der Waals surface area contributed by atoms with E-state index in [0.29, 0.717) is 24.9 Å². The summed E-state index contributed by atoms with van der Waals surface area (Å²) in [7, 11) is 0. The van der Waals surface area contributed by atoms with Gasteiger partial charge in [0.05, 0.1) is 9.95 Å². The quantitative estimate of drug-likeness (QED) is 0.624. The summed E-state index contributed by atoms with van der Waals surface area (Å²) < 4.78 is 0. The van der Waals surface area contributed by atoms with Crippen molar-refractivity contribution in [1.29, 1.82) is 0 Å². The predicted molar refractivity (Wildman–Crippen MR) is 81.9 cm³/mol. The van der Waals surface area contributed by atoms with Crippen molar-refractivity contribution in [2.45, 2.75) is 20.3 Å². The molecule has 2 rings (SSSR count). The first kappa shape index (κ1) is 15.6. The third-order valence-electron chi connectivity index (χ3n) is 3.68. The molecule has 0 saturated heterocycles. The molecule has 0 aliphatic heterocycles. The van der Waals surface area contributed by atoms with E-state index in [1.54, 1.807) is 0 Å². The summed E-state index contributed by atoms with van der Waals surface area (Å²) in [4.78, 5) is 22.6. The number of benzene rings is 1. The molecule has 1 aromatic rings. The Bertz CT molecular complexity index is 577. The fourth-order valence-corrected chi connectivity index (χ4v) is 2.51. The van der Waals surface area contributed by atoms with Crippen molar-refractivity contribution in [2.24, 2.45) is 11.8 Å². The Morgan fingerprint density at radius 3 is 2.71 bits per heavy atom. The Labute approximate surface area is 128 Å². The highest BCUT2D eigenvalue weighted by Gasteiger charge is 2.32. The van der Waals surface area contributed by atoms with Crippen LogP contribution in [0.2, 0.25) is 5.02 Å². The number of carbonyl (C=O) groups is 1. The van der Waals surface area contributed by atoms with E-state index in [1.165, 1.54) is 12.1 Å². The van der Waals surface area contributed by atoms with Gasteiger partial charge in [0.25, 0.3) is 11.6 Å². The van der Waals surface area contributed by atoms with Gasteiger partial charge in [-0.1, -0.05) is 18.5 Å². The number of nitrogens with zero attached hydrogens (tertiary/aromatic N) is 1. The third kappa shape index (κ3) is 3.64. The highest BCUT2D eigenvalue weighted by molar-refractivity contribution is 6.34. The first-order valence-electron chi connectivity index (χ1n) is 6.94. The van der Waals surface area contributed by atoms with Gasteiger partial charge in [-0.15, -0.1) is 0 Å². The van der Waals surface area contributed by atoms with Gasteiger partial charge in [-0.2, -0.15) is 0 Å². The number of hydrogen-bond donors (Lipinski definition) is 2. The summed E-state index contributed by atoms with van der Waals surface area (Å²) in [6.45, 7) is 5.05. The van der Waals surface area contributed by atoms with Gasteiger partial charge >= 0.3 is 0 Å². The minimum Gasteiger partial charge on any atom is -0.379 e. The van der Waals surface area contributed by atoms with Crippen molar-refractivity contribution >= 4 is 28.9 Å². The van der Waals surface area contributed by atoms with Crippen LogP contribution in [0.5, 0.6) is 0 Å². The minimum absolute atomic E-state index is 0.177. The molecule has 1 amide bonds. The average Bonchev–Trinajstić information content (AvgIpc) is 3.13. The zero-order valence-electron chi connectivity index (χ0n) is 12.0. The zero-order valence-corrected chi connectivity index (χ0v) is 12.7. The second-order valence-electron chi connectivity index (χ2n) is 5.32. The molecule has 1 fully saturated rings. The molecule has 1 saturated carbocycles. The summed E-state index contributed by atoms with van der Waals surface area (Å²) in [5, 5.41) is 16.9. The molecule has 7 heteroatoms. The number of anilines is 1. The van der Waals surface area contributed by atoms with Crippen LogP contribution in [-0.2, 0) is 0 Å². The van der Waals surface area contributed by atoms with E-state index in [9.17, 15) is 14.9 Å². The number of nitrogens with one attached hydrogen (secondary N) is 2. The fourth-order valence-electron chi connectivity index (χ4n) is 2.23.